The van der Waals surface area contributed by atoms with Gasteiger partial charge in [-0.15, -0.1) is 0 Å². The minimum Gasteiger partial charge on any atom is -0.463 e. The fourth-order valence-electron chi connectivity index (χ4n) is 6.85. The zero-order chi connectivity index (χ0) is 47.2. The van der Waals surface area contributed by atoms with Crippen molar-refractivity contribution in [3.63, 3.8) is 0 Å². The molecule has 0 radical (unpaired) electrons. The Balaban J connectivity index is 0.000000245. The number of alkyl halides is 12. The van der Waals surface area contributed by atoms with E-state index < -0.39 is 95.5 Å². The lowest BCUT2D eigenvalue weighted by Crippen LogP contribution is -2.27. The van der Waals surface area contributed by atoms with Crippen molar-refractivity contribution < 1.29 is 81.3 Å². The molecule has 0 bridgehead atoms. The molecular weight excluding hydrogens is 948 g/mol. The highest BCUT2D eigenvalue weighted by atomic mass is 79.9. The van der Waals surface area contributed by atoms with E-state index in [0.29, 0.717) is 43.5 Å². The number of alkyl carbamates (subject to hydrolysis) is 2. The number of carbonyl (C=O) groups is 3. The van der Waals surface area contributed by atoms with Gasteiger partial charge in [0.15, 0.2) is 0 Å². The molecule has 0 aromatic heterocycles. The molecule has 4 aromatic rings. The van der Waals surface area contributed by atoms with Gasteiger partial charge in [0, 0.05) is 10.5 Å². The highest BCUT2D eigenvalue weighted by molar-refractivity contribution is 9.10. The lowest BCUT2D eigenvalue weighted by molar-refractivity contribution is -0.144. The van der Waals surface area contributed by atoms with Gasteiger partial charge in [-0.25, -0.2) is 14.4 Å². The molecular formula is C43H35BrF12N2O6. The largest absolute Gasteiger partial charge is 0.463 e. The smallest absolute Gasteiger partial charge is 0.416 e. The summed E-state index contributed by atoms with van der Waals surface area (Å²) in [5.74, 6) is -0.474. The van der Waals surface area contributed by atoms with Gasteiger partial charge in [0.2, 0.25) is 0 Å². The number of esters is 1. The van der Waals surface area contributed by atoms with Crippen LogP contribution >= 0.6 is 15.9 Å². The maximum atomic E-state index is 13.0. The van der Waals surface area contributed by atoms with Crippen LogP contribution in [-0.4, -0.2) is 24.8 Å². The van der Waals surface area contributed by atoms with E-state index in [4.69, 9.17) is 14.2 Å². The molecule has 0 aliphatic heterocycles. The molecule has 344 valence electrons. The van der Waals surface area contributed by atoms with Crippen LogP contribution in [-0.2, 0) is 69.8 Å². The van der Waals surface area contributed by atoms with Gasteiger partial charge in [0.25, 0.3) is 0 Å². The number of aryl methyl sites for hydroxylation is 2. The lowest BCUT2D eigenvalue weighted by atomic mass is 10.0. The Morgan fingerprint density at radius 1 is 0.594 bits per heavy atom. The van der Waals surface area contributed by atoms with Gasteiger partial charge in [0.05, 0.1) is 40.9 Å². The summed E-state index contributed by atoms with van der Waals surface area (Å²) in [6, 6.07) is 12.3. The Bertz CT molecular complexity index is 2310. The first kappa shape index (κ1) is 49.3. The fraction of sp³-hybridized carbons (Fsp3) is 0.326. The molecule has 2 unspecified atom stereocenters. The third-order valence-electron chi connectivity index (χ3n) is 9.74. The number of carbonyl (C=O) groups excluding carboxylic acids is 3. The Labute approximate surface area is 365 Å². The average Bonchev–Trinajstić information content (AvgIpc) is 3.79. The van der Waals surface area contributed by atoms with Crippen LogP contribution in [0.5, 0.6) is 0 Å². The first-order valence-corrected chi connectivity index (χ1v) is 19.8. The molecule has 4 aromatic carbocycles. The number of hydrogen-bond acceptors (Lipinski definition) is 6. The molecule has 0 saturated heterocycles. The van der Waals surface area contributed by atoms with Crippen LogP contribution in [0.4, 0.5) is 62.3 Å². The third kappa shape index (κ3) is 13.6. The van der Waals surface area contributed by atoms with Gasteiger partial charge in [-0.05, 0) is 126 Å². The minimum absolute atomic E-state index is 0.00914. The van der Waals surface area contributed by atoms with Crippen LogP contribution in [0.3, 0.4) is 0 Å². The van der Waals surface area contributed by atoms with E-state index in [-0.39, 0.29) is 24.8 Å². The van der Waals surface area contributed by atoms with Crippen molar-refractivity contribution >= 4 is 40.2 Å². The number of ether oxygens (including phenoxy) is 3. The summed E-state index contributed by atoms with van der Waals surface area (Å²) >= 11 is 3.35. The summed E-state index contributed by atoms with van der Waals surface area (Å²) in [6.07, 6.45) is -16.4. The van der Waals surface area contributed by atoms with Gasteiger partial charge in [-0.3, -0.25) is 0 Å². The predicted molar refractivity (Wildman–Crippen MR) is 208 cm³/mol. The van der Waals surface area contributed by atoms with Crippen LogP contribution in [0.15, 0.2) is 83.3 Å². The van der Waals surface area contributed by atoms with Crippen molar-refractivity contribution in [2.45, 2.75) is 82.6 Å². The van der Waals surface area contributed by atoms with Crippen LogP contribution in [0, 0.1) is 0 Å². The predicted octanol–water partition coefficient (Wildman–Crippen LogP) is 12.6. The maximum absolute atomic E-state index is 13.0. The van der Waals surface area contributed by atoms with E-state index in [1.54, 1.807) is 25.1 Å². The molecule has 8 nitrogen and oxygen atoms in total. The van der Waals surface area contributed by atoms with Crippen molar-refractivity contribution in [2.75, 3.05) is 6.61 Å². The summed E-state index contributed by atoms with van der Waals surface area (Å²) < 4.78 is 171. The summed E-state index contributed by atoms with van der Waals surface area (Å²) in [4.78, 5) is 35.7. The van der Waals surface area contributed by atoms with Gasteiger partial charge in [-0.1, -0.05) is 40.2 Å². The lowest BCUT2D eigenvalue weighted by Gasteiger charge is -2.16. The Morgan fingerprint density at radius 3 is 1.41 bits per heavy atom. The molecule has 2 amide bonds. The van der Waals surface area contributed by atoms with Gasteiger partial charge >= 0.3 is 42.9 Å². The van der Waals surface area contributed by atoms with E-state index in [1.807, 2.05) is 24.3 Å². The molecule has 2 N–H and O–H groups in total. The van der Waals surface area contributed by atoms with Crippen molar-refractivity contribution in [2.24, 2.45) is 0 Å². The molecule has 6 rings (SSSR count). The van der Waals surface area contributed by atoms with E-state index >= 15 is 0 Å². The van der Waals surface area contributed by atoms with E-state index in [2.05, 4.69) is 26.6 Å². The standard InChI is InChI=1S/C24H21F6NO4.C19H14BrF6NO2/c1-2-34-21(32)8-4-14-3-6-19-16(9-14)5-7-20(19)31-22(33)35-13-15-10-17(23(25,26)27)12-18(11-15)24(28,29)30;20-14-2-3-15-11(7-14)1-4-16(15)27-17(28)29-9-10-5-12(18(21,22)23)8-13(6-10)19(24,25)26/h3-4,6,8-12,20H,2,5,7,13H2,1H3,(H,31,33);2-3,5-8,16H,1,4,9H2,(H,27,28)/b8-4+;. The number of rotatable bonds is 9. The normalized spacial score (nSPS) is 16.0. The van der Waals surface area contributed by atoms with Crippen molar-refractivity contribution in [3.8, 4) is 0 Å². The highest BCUT2D eigenvalue weighted by Crippen LogP contribution is 2.39. The Hall–Kier alpha value is -5.73. The number of fused-ring (bicyclic) bond motifs is 2. The number of benzene rings is 4. The third-order valence-corrected chi connectivity index (χ3v) is 10.2. The van der Waals surface area contributed by atoms with E-state index in [0.717, 1.165) is 38.7 Å². The Kier molecular flexibility index (Phi) is 15.4. The minimum atomic E-state index is -4.99. The highest BCUT2D eigenvalue weighted by Gasteiger charge is 2.38. The second-order valence-electron chi connectivity index (χ2n) is 14.3. The van der Waals surface area contributed by atoms with Gasteiger partial charge < -0.3 is 24.8 Å². The summed E-state index contributed by atoms with van der Waals surface area (Å²) in [5.41, 5.74) is -2.31. The molecule has 2 atom stereocenters. The second-order valence-corrected chi connectivity index (χ2v) is 15.3. The number of nitrogens with one attached hydrogen (secondary N) is 2. The average molecular weight is 984 g/mol. The molecule has 0 fully saturated rings. The first-order valence-electron chi connectivity index (χ1n) is 19.0. The van der Waals surface area contributed by atoms with Crippen molar-refractivity contribution in [1.82, 2.24) is 10.6 Å². The second kappa shape index (κ2) is 20.0. The first-order chi connectivity index (χ1) is 29.8. The van der Waals surface area contributed by atoms with Crippen LogP contribution in [0.25, 0.3) is 6.08 Å². The molecule has 64 heavy (non-hydrogen) atoms. The SMILES string of the molecule is CCOC(=O)/C=C/c1ccc2c(c1)CCC2NC(=O)OCc1cc(C(F)(F)F)cc(C(F)(F)F)c1.O=C(NC1CCc2cc(Br)ccc21)OCc1cc(C(F)(F)F)cc(C(F)(F)F)c1. The topological polar surface area (TPSA) is 103 Å². The molecule has 0 heterocycles. The maximum Gasteiger partial charge on any atom is 0.416 e. The van der Waals surface area contributed by atoms with Gasteiger partial charge in [0.1, 0.15) is 13.2 Å². The molecule has 21 heteroatoms. The van der Waals surface area contributed by atoms with E-state index in [1.165, 1.54) is 6.08 Å². The van der Waals surface area contributed by atoms with E-state index in [9.17, 15) is 67.1 Å². The van der Waals surface area contributed by atoms with Crippen molar-refractivity contribution in [1.29, 1.82) is 0 Å². The van der Waals surface area contributed by atoms with Crippen molar-refractivity contribution in [3.05, 3.63) is 145 Å². The summed E-state index contributed by atoms with van der Waals surface area (Å²) in [5, 5.41) is 5.18. The zero-order valence-corrected chi connectivity index (χ0v) is 34.6. The van der Waals surface area contributed by atoms with Gasteiger partial charge in [-0.2, -0.15) is 52.7 Å². The van der Waals surface area contributed by atoms with Crippen LogP contribution in [0.1, 0.15) is 93.0 Å². The number of amides is 2. The quantitative estimate of drug-likeness (QED) is 0.0749. The fourth-order valence-corrected chi connectivity index (χ4v) is 7.26. The molecule has 0 saturated carbocycles. The Morgan fingerprint density at radius 2 is 1.00 bits per heavy atom. The molecule has 2 aliphatic rings. The number of halogens is 13. The summed E-state index contributed by atoms with van der Waals surface area (Å²) in [7, 11) is 0. The number of hydrogen-bond donors (Lipinski definition) is 2. The zero-order valence-electron chi connectivity index (χ0n) is 33.1. The molecule has 0 spiro atoms. The monoisotopic (exact) mass is 982 g/mol. The van der Waals surface area contributed by atoms with Crippen LogP contribution < -0.4 is 10.6 Å². The van der Waals surface area contributed by atoms with Crippen LogP contribution in [0.2, 0.25) is 0 Å². The molecule has 2 aliphatic carbocycles. The summed E-state index contributed by atoms with van der Waals surface area (Å²) in [6.45, 7) is 0.460.